The Bertz CT molecular complexity index is 4900. The van der Waals surface area contributed by atoms with E-state index >= 15 is 33.6 Å². The van der Waals surface area contributed by atoms with Crippen molar-refractivity contribution in [2.45, 2.75) is 234 Å². The number of aromatic amines is 2. The van der Waals surface area contributed by atoms with Crippen LogP contribution >= 0.6 is 11.8 Å². The molecule has 4 aliphatic rings. The lowest BCUT2D eigenvalue weighted by atomic mass is 9.90. The summed E-state index contributed by atoms with van der Waals surface area (Å²) in [6, 6.07) is 0.538. The van der Waals surface area contributed by atoms with Crippen LogP contribution in [0.2, 0.25) is 0 Å². The number of para-hydroxylation sites is 2. The molecule has 1 unspecified atom stereocenters. The lowest BCUT2D eigenvalue weighted by Gasteiger charge is -2.36. The normalized spacial score (nSPS) is 25.6. The van der Waals surface area contributed by atoms with E-state index in [0.29, 0.717) is 65.4 Å². The summed E-state index contributed by atoms with van der Waals surface area (Å²) < 4.78 is 0. The van der Waals surface area contributed by atoms with Crippen LogP contribution in [0.5, 0.6) is 5.75 Å². The van der Waals surface area contributed by atoms with E-state index in [4.69, 9.17) is 11.5 Å². The highest BCUT2D eigenvalue weighted by atomic mass is 32.2. The van der Waals surface area contributed by atoms with Gasteiger partial charge in [-0.1, -0.05) is 88.1 Å². The number of phenols is 1. The molecule has 6 heterocycles. The van der Waals surface area contributed by atoms with Gasteiger partial charge in [0.05, 0.1) is 49.1 Å². The van der Waals surface area contributed by atoms with Crippen molar-refractivity contribution in [3.8, 4) is 5.75 Å². The molecule has 704 valence electrons. The van der Waals surface area contributed by atoms with E-state index in [1.54, 1.807) is 60.9 Å². The average Bonchev–Trinajstić information content (AvgIpc) is 1.47. The summed E-state index contributed by atoms with van der Waals surface area (Å²) in [5.41, 5.74) is 14.4. The number of aliphatic hydroxyl groups excluding tert-OH is 1. The number of unbranched alkanes of at least 4 members (excludes halogenated alkanes) is 3. The van der Waals surface area contributed by atoms with E-state index < -0.39 is 222 Å². The van der Waals surface area contributed by atoms with Crippen molar-refractivity contribution < 1.29 is 96.8 Å². The largest absolute Gasteiger partial charge is 0.508 e. The fourth-order valence-corrected chi connectivity index (χ4v) is 17.4. The number of phenolic OH excluding ortho intramolecular Hbond substituents is 1. The maximum Gasteiger partial charge on any atom is 0.305 e. The van der Waals surface area contributed by atoms with Crippen LogP contribution < -0.4 is 59.3 Å². The summed E-state index contributed by atoms with van der Waals surface area (Å²) in [5.74, 6) is -18.5. The molecule has 41 heteroatoms. The Hall–Kier alpha value is -12.7. The highest BCUT2D eigenvalue weighted by Gasteiger charge is 2.46. The number of likely N-dealkylation sites (N-methyl/N-ethyl adjacent to an activating group) is 3. The molecule has 40 nitrogen and oxygen atoms in total. The number of carbonyl (C=O) groups excluding carboxylic acids is 16. The van der Waals surface area contributed by atoms with Crippen LogP contribution in [0.15, 0.2) is 96.5 Å². The van der Waals surface area contributed by atoms with Crippen molar-refractivity contribution in [2.24, 2.45) is 22.4 Å². The molecule has 3 aromatic carbocycles. The van der Waals surface area contributed by atoms with Crippen molar-refractivity contribution in [1.29, 1.82) is 0 Å². The number of imidazole rings is 1. The zero-order valence-corrected chi connectivity index (χ0v) is 75.1. The highest BCUT2D eigenvalue weighted by molar-refractivity contribution is 8.00. The van der Waals surface area contributed by atoms with Gasteiger partial charge in [-0.3, -0.25) is 86.5 Å². The number of rotatable bonds is 24. The minimum Gasteiger partial charge on any atom is -0.508 e. The van der Waals surface area contributed by atoms with Crippen molar-refractivity contribution in [2.75, 3.05) is 65.4 Å². The second-order valence-electron chi connectivity index (χ2n) is 33.4. The molecule has 0 aliphatic carbocycles. The van der Waals surface area contributed by atoms with Crippen LogP contribution in [0.4, 0.5) is 5.69 Å². The number of aromatic nitrogens is 3. The number of amides is 15. The Morgan fingerprint density at radius 3 is 1.89 bits per heavy atom. The molecule has 0 spiro atoms. The van der Waals surface area contributed by atoms with Gasteiger partial charge >= 0.3 is 5.97 Å². The van der Waals surface area contributed by atoms with Gasteiger partial charge in [-0.25, -0.2) is 4.98 Å². The first-order valence-electron chi connectivity index (χ1n) is 44.1. The Kier molecular flexibility index (Phi) is 37.8. The molecule has 0 bridgehead atoms. The number of fused-ring (bicyclic) bond motifs is 4. The van der Waals surface area contributed by atoms with Crippen molar-refractivity contribution in [3.63, 3.8) is 0 Å². The summed E-state index contributed by atoms with van der Waals surface area (Å²) in [6.07, 6.45) is 6.36. The number of hydrogen-bond acceptors (Lipinski definition) is 23. The Morgan fingerprint density at radius 2 is 1.22 bits per heavy atom. The minimum absolute atomic E-state index is 0.00921. The lowest BCUT2D eigenvalue weighted by Crippen LogP contribution is -2.60. The molecule has 0 saturated carbocycles. The predicted octanol–water partition coefficient (Wildman–Crippen LogP) is -0.204. The van der Waals surface area contributed by atoms with E-state index in [9.17, 15) is 63.3 Å². The maximum atomic E-state index is 15.6. The quantitative estimate of drug-likeness (QED) is 0.0356. The van der Waals surface area contributed by atoms with E-state index in [1.165, 1.54) is 81.6 Å². The third-order valence-electron chi connectivity index (χ3n) is 24.0. The number of nitrogens with one attached hydrogen (secondary N) is 11. The first-order valence-corrected chi connectivity index (χ1v) is 45.3. The topological polar surface area (TPSA) is 584 Å². The number of benzene rings is 3. The van der Waals surface area contributed by atoms with E-state index in [0.717, 1.165) is 26.5 Å². The number of aliphatic carboxylic acids is 1. The second kappa shape index (κ2) is 48.7. The number of ketones is 1. The summed E-state index contributed by atoms with van der Waals surface area (Å²) in [4.78, 5) is 269. The summed E-state index contributed by atoms with van der Waals surface area (Å²) in [6.45, 7) is 4.68. The smallest absolute Gasteiger partial charge is 0.305 e. The van der Waals surface area contributed by atoms with Gasteiger partial charge in [-0.05, 0) is 132 Å². The van der Waals surface area contributed by atoms with E-state index in [-0.39, 0.29) is 114 Å². The molecule has 9 rings (SSSR count). The third-order valence-corrected chi connectivity index (χ3v) is 25.1. The van der Waals surface area contributed by atoms with Crippen LogP contribution in [0.3, 0.4) is 0 Å². The number of nitrogens with zero attached hydrogens (tertiary/aromatic N) is 7. The number of nitrogens with two attached hydrogens (primary N) is 2. The predicted molar refractivity (Wildman–Crippen MR) is 478 cm³/mol. The molecule has 18 N–H and O–H groups in total. The fourth-order valence-electron chi connectivity index (χ4n) is 16.5. The number of H-pyrrole nitrogens is 2. The van der Waals surface area contributed by atoms with Crippen molar-refractivity contribution in [1.82, 2.24) is 87.3 Å². The molecular formula is C89H122N20O20S. The van der Waals surface area contributed by atoms with Crippen LogP contribution in [0.1, 0.15) is 159 Å². The van der Waals surface area contributed by atoms with Gasteiger partial charge < -0.3 is 109 Å². The number of carboxylic acids is 1. The number of aromatic hydroxyl groups is 1. The lowest BCUT2D eigenvalue weighted by molar-refractivity contribution is -0.149. The second-order valence-corrected chi connectivity index (χ2v) is 34.5. The van der Waals surface area contributed by atoms with Crippen molar-refractivity contribution >= 4 is 135 Å². The number of carboxylic acid groups (broad SMARTS) is 1. The van der Waals surface area contributed by atoms with Gasteiger partial charge in [-0.15, -0.1) is 11.8 Å². The number of carbonyl (C=O) groups is 17. The molecular weight excluding hydrogens is 1700 g/mol. The molecule has 2 aromatic heterocycles. The number of Topliss-reactive ketones (excluding diaryl/α,β-unsaturated/α-hetero) is 1. The SMILES string of the molecule is CCCC[C@H]1C(=O)N(C)[C@@H](CCCC)C(=O)N[C@@H](C)C(=O)N[C@H](C(=O)NCC(N)=O)CSCC(=O)N[C@@H](Cc2ccc(O)cc2)C(=O)N(C)[C@@H](C)C(=O)N[C@@H](CCCCN)C(=O)N2CCC[C@H]2C(=O)N[C@@H](Cc2c[nH]cn2)C(=O)N[C@@H](CC(=O)O)C(=O)N2CCC[C@H]2C(=O)C[C@@H](Cc2c[nH]c3ccccc23)C(=O)N[C@@H](CO)C(=O)N[C@@H](CC2C=Nc3ccccc32)C(=O)N1C. The third kappa shape index (κ3) is 27.5. The van der Waals surface area contributed by atoms with Gasteiger partial charge in [0, 0.05) is 101 Å². The fraction of sp³-hybridized carbons (Fsp3) is 0.539. The summed E-state index contributed by atoms with van der Waals surface area (Å²) in [5, 5.41) is 56.1. The molecule has 4 aliphatic heterocycles. The van der Waals surface area contributed by atoms with Gasteiger partial charge in [-0.2, -0.15) is 0 Å². The number of thioether (sulfide) groups is 1. The first kappa shape index (κ1) is 101. The number of hydrogen-bond donors (Lipinski definition) is 16. The number of aliphatic hydroxyl groups is 1. The number of primary amides is 1. The van der Waals surface area contributed by atoms with E-state index in [1.807, 2.05) is 13.8 Å². The maximum absolute atomic E-state index is 15.6. The molecule has 3 saturated heterocycles. The first-order chi connectivity index (χ1) is 62.1. The van der Waals surface area contributed by atoms with Gasteiger partial charge in [0.15, 0.2) is 5.78 Å². The molecule has 130 heavy (non-hydrogen) atoms. The minimum atomic E-state index is -1.90. The molecule has 3 fully saturated rings. The van der Waals surface area contributed by atoms with E-state index in [2.05, 4.69) is 67.8 Å². The Balaban J connectivity index is 1.07. The average molecular weight is 1820 g/mol. The summed E-state index contributed by atoms with van der Waals surface area (Å²) in [7, 11) is 4.01. The zero-order valence-electron chi connectivity index (χ0n) is 74.3. The van der Waals surface area contributed by atoms with Crippen LogP contribution in [-0.4, -0.2) is 305 Å². The number of aliphatic imine (C=N–C) groups is 1. The standard InChI is InChI=1S/C89H122N20O20S/c1-8-10-25-70-83(123)97-50(3)77(117)104-68(80(120)95-45-74(91)113)47-130-48-75(114)98-64(36-52-29-31-57(111)32-30-52)85(125)105(5)51(4)78(118)99-62(24-16-17-33-90)87(127)109-35-19-28-71(109)84(124)100-63(40-56-44-92-49-96-56)81(121)102-66(41-76(115)116)88(128)108-34-18-27-69(108)73(112)39-53(37-54-42-93-60-22-14-12-20-58(54)60)79(119)103-67(46-110)82(122)101-65(38-55-43-94-61-23-15-13-21-59(55)61)86(126)107(7)72(26-11-9-2)89(129)106(70)6/h12-15,20-23,29-32,42-44,49-51,53,55,62-72,93,110-111H,8-11,16-19,24-28,33-41,45-48,90H2,1-7H3,(H2,91,113)(H,92,96)(H,95,120)(H,97,123)(H,98,114)(H,99,118)(H,100,124)(H,101,122)(H,102,121)(H,103,119)(H,104,117)(H,115,116)/t50-,51-,53+,55?,62-,63-,64-,65-,66-,67-,68-,69-,70-,71-,72-/m0/s1. The molecule has 15 atom stereocenters. The molecule has 5 aromatic rings. The monoisotopic (exact) mass is 1820 g/mol. The Labute approximate surface area is 757 Å². The molecule has 0 radical (unpaired) electrons. The van der Waals surface area contributed by atoms with Crippen LogP contribution in [-0.2, 0) is 101 Å². The highest BCUT2D eigenvalue weighted by Crippen LogP contribution is 2.36. The zero-order chi connectivity index (χ0) is 94.6. The Morgan fingerprint density at radius 1 is 0.592 bits per heavy atom. The molecule has 15 amide bonds. The van der Waals surface area contributed by atoms with Gasteiger partial charge in [0.25, 0.3) is 0 Å². The van der Waals surface area contributed by atoms with Crippen LogP contribution in [0.25, 0.3) is 10.9 Å². The van der Waals surface area contributed by atoms with Gasteiger partial charge in [0.2, 0.25) is 88.6 Å². The van der Waals surface area contributed by atoms with Crippen molar-refractivity contribution in [3.05, 3.63) is 114 Å². The summed E-state index contributed by atoms with van der Waals surface area (Å²) >= 11 is 0.806. The van der Waals surface area contributed by atoms with Crippen LogP contribution in [0, 0.1) is 5.92 Å². The van der Waals surface area contributed by atoms with Gasteiger partial charge in [0.1, 0.15) is 78.3 Å².